The highest BCUT2D eigenvalue weighted by Crippen LogP contribution is 2.00. The first-order valence-electron chi connectivity index (χ1n) is 6.05. The molecule has 0 saturated carbocycles. The Morgan fingerprint density at radius 1 is 1.20 bits per heavy atom. The van der Waals surface area contributed by atoms with Crippen molar-refractivity contribution in [3.8, 4) is 0 Å². The summed E-state index contributed by atoms with van der Waals surface area (Å²) in [5, 5.41) is 2.87. The summed E-state index contributed by atoms with van der Waals surface area (Å²) < 4.78 is 5.43. The molecule has 1 amide bonds. The molecule has 0 aromatic rings. The minimum absolute atomic E-state index is 0.151. The van der Waals surface area contributed by atoms with Gasteiger partial charge in [0, 0.05) is 19.6 Å². The summed E-state index contributed by atoms with van der Waals surface area (Å²) in [5.41, 5.74) is 0. The topological polar surface area (TPSA) is 38.3 Å². The lowest BCUT2D eigenvalue weighted by Gasteiger charge is -2.07. The van der Waals surface area contributed by atoms with Crippen molar-refractivity contribution in [3.05, 3.63) is 0 Å². The van der Waals surface area contributed by atoms with Crippen molar-refractivity contribution in [2.75, 3.05) is 13.2 Å². The molecule has 0 unspecified atom stereocenters. The maximum Gasteiger partial charge on any atom is 0.219 e. The molecule has 1 N–H and O–H groups in total. The summed E-state index contributed by atoms with van der Waals surface area (Å²) in [7, 11) is 0. The number of nitrogens with one attached hydrogen (secondary N) is 1. The molecule has 0 saturated heterocycles. The van der Waals surface area contributed by atoms with E-state index < -0.39 is 0 Å². The fourth-order valence-electron chi connectivity index (χ4n) is 1.25. The third-order valence-electron chi connectivity index (χ3n) is 2.17. The summed E-state index contributed by atoms with van der Waals surface area (Å²) in [4.78, 5) is 10.9. The van der Waals surface area contributed by atoms with Gasteiger partial charge >= 0.3 is 0 Å². The van der Waals surface area contributed by atoms with Gasteiger partial charge in [-0.05, 0) is 26.7 Å². The van der Waals surface area contributed by atoms with Gasteiger partial charge < -0.3 is 10.1 Å². The van der Waals surface area contributed by atoms with Crippen LogP contribution in [0.1, 0.15) is 52.9 Å². The van der Waals surface area contributed by atoms with Crippen LogP contribution < -0.4 is 5.32 Å². The summed E-state index contributed by atoms with van der Waals surface area (Å²) in [6.45, 7) is 7.66. The second-order valence-corrected chi connectivity index (χ2v) is 4.04. The van der Waals surface area contributed by atoms with Gasteiger partial charge in [-0.2, -0.15) is 0 Å². The van der Waals surface area contributed by atoms with Crippen LogP contribution in [0.25, 0.3) is 0 Å². The molecule has 3 nitrogen and oxygen atoms in total. The Balaban J connectivity index is 3.02. The lowest BCUT2D eigenvalue weighted by atomic mass is 10.2. The van der Waals surface area contributed by atoms with Crippen LogP contribution in [-0.2, 0) is 9.53 Å². The molecule has 0 aliphatic heterocycles. The van der Waals surface area contributed by atoms with E-state index in [0.29, 0.717) is 12.5 Å². The van der Waals surface area contributed by atoms with E-state index in [1.807, 2.05) is 6.92 Å². The van der Waals surface area contributed by atoms with Crippen LogP contribution >= 0.6 is 0 Å². The second kappa shape index (κ2) is 9.97. The standard InChI is InChI=1S/C12H25NO2/c1-4-12(14)13-9-7-5-6-8-10-15-11(2)3/h11H,4-10H2,1-3H3,(H,13,14). The van der Waals surface area contributed by atoms with Crippen LogP contribution in [0.5, 0.6) is 0 Å². The van der Waals surface area contributed by atoms with Crippen molar-refractivity contribution in [1.29, 1.82) is 0 Å². The smallest absolute Gasteiger partial charge is 0.219 e. The van der Waals surface area contributed by atoms with E-state index in [2.05, 4.69) is 19.2 Å². The van der Waals surface area contributed by atoms with E-state index in [4.69, 9.17) is 4.74 Å². The Morgan fingerprint density at radius 2 is 1.87 bits per heavy atom. The molecule has 0 aromatic carbocycles. The number of hydrogen-bond acceptors (Lipinski definition) is 2. The third kappa shape index (κ3) is 11.4. The highest BCUT2D eigenvalue weighted by molar-refractivity contribution is 5.75. The van der Waals surface area contributed by atoms with Crippen LogP contribution in [0.3, 0.4) is 0 Å². The quantitative estimate of drug-likeness (QED) is 0.600. The Kier molecular flexibility index (Phi) is 9.59. The van der Waals surface area contributed by atoms with Gasteiger partial charge in [-0.3, -0.25) is 4.79 Å². The van der Waals surface area contributed by atoms with Crippen molar-refractivity contribution in [2.24, 2.45) is 0 Å². The molecular formula is C12H25NO2. The molecule has 0 spiro atoms. The maximum atomic E-state index is 10.9. The van der Waals surface area contributed by atoms with Gasteiger partial charge in [0.1, 0.15) is 0 Å². The van der Waals surface area contributed by atoms with Crippen molar-refractivity contribution in [3.63, 3.8) is 0 Å². The average molecular weight is 215 g/mol. The van der Waals surface area contributed by atoms with Gasteiger partial charge in [-0.15, -0.1) is 0 Å². The SMILES string of the molecule is CCC(=O)NCCCCCCOC(C)C. The van der Waals surface area contributed by atoms with Gasteiger partial charge in [0.2, 0.25) is 5.91 Å². The van der Waals surface area contributed by atoms with E-state index in [1.165, 1.54) is 12.8 Å². The predicted molar refractivity (Wildman–Crippen MR) is 62.9 cm³/mol. The first-order chi connectivity index (χ1) is 7.16. The van der Waals surface area contributed by atoms with Gasteiger partial charge in [0.25, 0.3) is 0 Å². The van der Waals surface area contributed by atoms with Gasteiger partial charge in [0.05, 0.1) is 6.10 Å². The largest absolute Gasteiger partial charge is 0.379 e. The third-order valence-corrected chi connectivity index (χ3v) is 2.17. The fraction of sp³-hybridized carbons (Fsp3) is 0.917. The molecule has 0 fully saturated rings. The molecule has 0 heterocycles. The molecule has 0 aromatic heterocycles. The summed E-state index contributed by atoms with van der Waals surface area (Å²) >= 11 is 0. The Bertz CT molecular complexity index is 158. The molecule has 0 aliphatic rings. The molecule has 0 rings (SSSR count). The van der Waals surface area contributed by atoms with Crippen molar-refractivity contribution < 1.29 is 9.53 Å². The summed E-state index contributed by atoms with van der Waals surface area (Å²) in [6, 6.07) is 0. The van der Waals surface area contributed by atoms with Crippen molar-refractivity contribution in [1.82, 2.24) is 5.32 Å². The van der Waals surface area contributed by atoms with Crippen LogP contribution in [0.2, 0.25) is 0 Å². The fourth-order valence-corrected chi connectivity index (χ4v) is 1.25. The number of carbonyl (C=O) groups excluding carboxylic acids is 1. The molecule has 0 radical (unpaired) electrons. The predicted octanol–water partition coefficient (Wildman–Crippen LogP) is 2.50. The zero-order valence-electron chi connectivity index (χ0n) is 10.3. The van der Waals surface area contributed by atoms with Crippen LogP contribution in [0, 0.1) is 0 Å². The molecular weight excluding hydrogens is 190 g/mol. The number of amides is 1. The Labute approximate surface area is 93.6 Å². The maximum absolute atomic E-state index is 10.9. The van der Waals surface area contributed by atoms with E-state index in [-0.39, 0.29) is 5.91 Å². The first kappa shape index (κ1) is 14.4. The molecule has 90 valence electrons. The normalized spacial score (nSPS) is 10.7. The number of carbonyl (C=O) groups is 1. The van der Waals surface area contributed by atoms with E-state index in [0.717, 1.165) is 26.0 Å². The number of rotatable bonds is 9. The van der Waals surface area contributed by atoms with E-state index >= 15 is 0 Å². The van der Waals surface area contributed by atoms with Crippen LogP contribution in [0.15, 0.2) is 0 Å². The monoisotopic (exact) mass is 215 g/mol. The zero-order chi connectivity index (χ0) is 11.5. The summed E-state index contributed by atoms with van der Waals surface area (Å²) in [5.74, 6) is 0.151. The Morgan fingerprint density at radius 3 is 2.47 bits per heavy atom. The van der Waals surface area contributed by atoms with Gasteiger partial charge in [-0.25, -0.2) is 0 Å². The lowest BCUT2D eigenvalue weighted by Crippen LogP contribution is -2.23. The lowest BCUT2D eigenvalue weighted by molar-refractivity contribution is -0.120. The molecule has 0 aliphatic carbocycles. The van der Waals surface area contributed by atoms with E-state index in [9.17, 15) is 4.79 Å². The zero-order valence-corrected chi connectivity index (χ0v) is 10.3. The second-order valence-electron chi connectivity index (χ2n) is 4.04. The number of hydrogen-bond donors (Lipinski definition) is 1. The molecule has 0 atom stereocenters. The molecule has 3 heteroatoms. The van der Waals surface area contributed by atoms with Crippen LogP contribution in [0.4, 0.5) is 0 Å². The van der Waals surface area contributed by atoms with E-state index in [1.54, 1.807) is 0 Å². The van der Waals surface area contributed by atoms with Gasteiger partial charge in [-0.1, -0.05) is 19.8 Å². The van der Waals surface area contributed by atoms with Gasteiger partial charge in [0.15, 0.2) is 0 Å². The molecule has 15 heavy (non-hydrogen) atoms. The minimum Gasteiger partial charge on any atom is -0.379 e. The Hall–Kier alpha value is -0.570. The van der Waals surface area contributed by atoms with Crippen molar-refractivity contribution in [2.45, 2.75) is 59.0 Å². The number of ether oxygens (including phenoxy) is 1. The highest BCUT2D eigenvalue weighted by Gasteiger charge is 1.96. The average Bonchev–Trinajstić information content (AvgIpc) is 2.21. The van der Waals surface area contributed by atoms with Crippen molar-refractivity contribution >= 4 is 5.91 Å². The van der Waals surface area contributed by atoms with Crippen LogP contribution in [-0.4, -0.2) is 25.2 Å². The first-order valence-corrected chi connectivity index (χ1v) is 6.05. The summed E-state index contributed by atoms with van der Waals surface area (Å²) in [6.07, 6.45) is 5.49. The highest BCUT2D eigenvalue weighted by atomic mass is 16.5. The molecule has 0 bridgehead atoms. The minimum atomic E-state index is 0.151. The number of unbranched alkanes of at least 4 members (excludes halogenated alkanes) is 3.